The van der Waals surface area contributed by atoms with Gasteiger partial charge in [0.2, 0.25) is 0 Å². The Labute approximate surface area is 508 Å². The second-order valence-electron chi connectivity index (χ2n) is 19.1. The standard InChI is InChI=1S/C22H25BFNO.C14H9ClFNO.C12H8ClFO.C6H6BFO2.C6H4BrClO.C2H2BrN/c1-21(2)13-23(14-22(21,3)4)19-10-9-17(12-20(19)26-15-25-5)16-7-6-8-18(24)11-16;1-17-9-18-14-8-11(5-6-13(14)15)10-3-2-4-12(16)7-10;13-11-5-4-9(7-12(11)15)8-2-1-3-10(14)6-8;8-6-3-1-2-5(4-6)7(9)10;7-4-1-2-5(8)6(9)3-4;3-1-2-4/h6-12H,13-15H2,1-4H3;2-8H,9H2;1-7,15H;1-4,9-10H;1-3,9H;1H2. The van der Waals surface area contributed by atoms with Crippen LogP contribution in [-0.4, -0.2) is 52.9 Å². The Morgan fingerprint density at radius 3 is 1.33 bits per heavy atom. The van der Waals surface area contributed by atoms with Gasteiger partial charge in [-0.1, -0.05) is 180 Å². The summed E-state index contributed by atoms with van der Waals surface area (Å²) in [6, 6.07) is 47.0. The Morgan fingerprint density at radius 1 is 0.561 bits per heavy atom. The van der Waals surface area contributed by atoms with E-state index in [1.54, 1.807) is 78.9 Å². The molecule has 1 heterocycles. The lowest BCUT2D eigenvalue weighted by Crippen LogP contribution is -2.29. The van der Waals surface area contributed by atoms with Gasteiger partial charge in [0.25, 0.3) is 0 Å². The number of phenols is 2. The predicted octanol–water partition coefficient (Wildman–Crippen LogP) is 17.0. The van der Waals surface area contributed by atoms with E-state index in [1.807, 2.05) is 24.3 Å². The number of nitriles is 1. The SMILES string of the molecule is N#CCBr.OB(O)c1cccc(F)c1.Oc1cc(-c2cccc(F)c2)ccc1Cl.Oc1cc(Br)ccc1Cl.[C-]#[N+]COc1cc(-c2cccc(F)c2)ccc1B1CC(C)(C)C(C)(C)C1.[C-]#[N+]COc1cc(-c2cccc(F)c2)ccc1Cl. The molecule has 20 heteroatoms. The molecule has 1 fully saturated rings. The molecular weight excluding hydrogens is 1250 g/mol. The van der Waals surface area contributed by atoms with Crippen LogP contribution in [0.1, 0.15) is 27.7 Å². The molecule has 0 spiro atoms. The number of aromatic hydroxyl groups is 2. The number of hydrogen-bond acceptors (Lipinski definition) is 7. The van der Waals surface area contributed by atoms with Gasteiger partial charge < -0.3 is 29.7 Å². The first-order chi connectivity index (χ1) is 38.9. The van der Waals surface area contributed by atoms with Crippen molar-refractivity contribution in [2.24, 2.45) is 10.8 Å². The first-order valence-electron chi connectivity index (χ1n) is 24.7. The van der Waals surface area contributed by atoms with Crippen LogP contribution in [0, 0.1) is 58.6 Å². The number of hydrogen-bond donors (Lipinski definition) is 4. The van der Waals surface area contributed by atoms with Gasteiger partial charge in [-0.3, -0.25) is 9.69 Å². The van der Waals surface area contributed by atoms with E-state index in [0.29, 0.717) is 33.4 Å². The van der Waals surface area contributed by atoms with Gasteiger partial charge in [0.05, 0.1) is 26.5 Å². The van der Waals surface area contributed by atoms with Gasteiger partial charge in [-0.2, -0.15) is 5.26 Å². The molecule has 0 unspecified atom stereocenters. The minimum atomic E-state index is -1.59. The van der Waals surface area contributed by atoms with Gasteiger partial charge in [-0.15, -0.1) is 0 Å². The Morgan fingerprint density at radius 2 is 0.939 bits per heavy atom. The highest BCUT2D eigenvalue weighted by Gasteiger charge is 2.48. The molecule has 4 N–H and O–H groups in total. The molecule has 9 rings (SSSR count). The summed E-state index contributed by atoms with van der Waals surface area (Å²) in [5, 5.41) is 44.5. The molecule has 0 saturated carbocycles. The minimum absolute atomic E-state index is 0.000883. The lowest BCUT2D eigenvalue weighted by Gasteiger charge is -2.35. The van der Waals surface area contributed by atoms with Crippen LogP contribution in [0.4, 0.5) is 17.6 Å². The Balaban J connectivity index is 0.000000227. The van der Waals surface area contributed by atoms with E-state index in [-0.39, 0.29) is 63.7 Å². The summed E-state index contributed by atoms with van der Waals surface area (Å²) in [5.74, 6) is -0.0479. The van der Waals surface area contributed by atoms with Crippen LogP contribution in [0.25, 0.3) is 43.1 Å². The summed E-state index contributed by atoms with van der Waals surface area (Å²) in [5.41, 5.74) is 6.51. The number of benzene rings is 8. The first-order valence-corrected chi connectivity index (χ1v) is 27.8. The van der Waals surface area contributed by atoms with Crippen molar-refractivity contribution in [3.05, 3.63) is 236 Å². The van der Waals surface area contributed by atoms with Crippen molar-refractivity contribution in [1.82, 2.24) is 0 Å². The molecule has 0 bridgehead atoms. The zero-order valence-corrected chi connectivity index (χ0v) is 50.1. The zero-order valence-electron chi connectivity index (χ0n) is 44.7. The third-order valence-electron chi connectivity index (χ3n) is 12.8. The molecule has 0 atom stereocenters. The summed E-state index contributed by atoms with van der Waals surface area (Å²) in [7, 11) is -1.59. The number of rotatable bonds is 9. The first kappa shape index (κ1) is 67.5. The molecular formula is C62H54B2Br2Cl3F4N3O6. The van der Waals surface area contributed by atoms with E-state index in [4.69, 9.17) is 77.8 Å². The van der Waals surface area contributed by atoms with Gasteiger partial charge in [0.1, 0.15) is 46.3 Å². The quantitative estimate of drug-likeness (QED) is 0.0490. The van der Waals surface area contributed by atoms with Crippen LogP contribution in [-0.2, 0) is 0 Å². The zero-order chi connectivity index (χ0) is 60.6. The third-order valence-corrected chi connectivity index (χ3v) is 14.5. The number of halogens is 9. The number of nitrogens with zero attached hydrogens (tertiary/aromatic N) is 3. The molecule has 8 aromatic rings. The van der Waals surface area contributed by atoms with Crippen LogP contribution in [0.2, 0.25) is 27.7 Å². The number of alkyl halides is 1. The van der Waals surface area contributed by atoms with E-state index < -0.39 is 12.9 Å². The summed E-state index contributed by atoms with van der Waals surface area (Å²) >= 11 is 23.2. The summed E-state index contributed by atoms with van der Waals surface area (Å²) < 4.78 is 63.8. The molecule has 9 nitrogen and oxygen atoms in total. The van der Waals surface area contributed by atoms with E-state index in [1.165, 1.54) is 60.7 Å². The fourth-order valence-corrected chi connectivity index (χ4v) is 8.86. The highest BCUT2D eigenvalue weighted by molar-refractivity contribution is 9.10. The van der Waals surface area contributed by atoms with Crippen molar-refractivity contribution in [2.75, 3.05) is 18.8 Å². The lowest BCUT2D eigenvalue weighted by atomic mass is 9.42. The smallest absolute Gasteiger partial charge is 0.488 e. The second-order valence-corrected chi connectivity index (χ2v) is 21.8. The maximum Gasteiger partial charge on any atom is 0.488 e. The van der Waals surface area contributed by atoms with Gasteiger partial charge >= 0.3 is 20.6 Å². The summed E-state index contributed by atoms with van der Waals surface area (Å²) in [4.78, 5) is 6.44. The Kier molecular flexibility index (Phi) is 27.4. The molecule has 0 radical (unpaired) electrons. The third kappa shape index (κ3) is 21.4. The molecule has 82 heavy (non-hydrogen) atoms. The van der Waals surface area contributed by atoms with E-state index in [0.717, 1.165) is 62.2 Å². The minimum Gasteiger partial charge on any atom is -0.506 e. The van der Waals surface area contributed by atoms with Crippen molar-refractivity contribution in [3.8, 4) is 62.4 Å². The van der Waals surface area contributed by atoms with E-state index in [9.17, 15) is 22.7 Å². The van der Waals surface area contributed by atoms with Crippen LogP contribution >= 0.6 is 66.7 Å². The largest absolute Gasteiger partial charge is 0.506 e. The van der Waals surface area contributed by atoms with E-state index >= 15 is 0 Å². The van der Waals surface area contributed by atoms with Gasteiger partial charge in [-0.25, -0.2) is 30.7 Å². The fourth-order valence-electron chi connectivity index (χ4n) is 8.10. The monoisotopic (exact) mass is 1300 g/mol. The summed E-state index contributed by atoms with van der Waals surface area (Å²) in [6.45, 7) is 23.4. The summed E-state index contributed by atoms with van der Waals surface area (Å²) in [6.07, 6.45) is 2.18. The molecule has 0 aromatic heterocycles. The second kappa shape index (κ2) is 33.2. The van der Waals surface area contributed by atoms with Crippen LogP contribution < -0.4 is 20.4 Å². The normalized spacial score (nSPS) is 12.1. The van der Waals surface area contributed by atoms with Crippen LogP contribution in [0.5, 0.6) is 23.0 Å². The maximum absolute atomic E-state index is 13.6. The van der Waals surface area contributed by atoms with E-state index in [2.05, 4.69) is 75.3 Å². The van der Waals surface area contributed by atoms with Gasteiger partial charge in [-0.05, 0) is 152 Å². The van der Waals surface area contributed by atoms with Crippen molar-refractivity contribution in [1.29, 1.82) is 5.26 Å². The van der Waals surface area contributed by atoms with Crippen molar-refractivity contribution in [2.45, 2.75) is 40.3 Å². The molecule has 0 amide bonds. The fraction of sp³-hybridized carbons (Fsp3) is 0.177. The number of phenolic OH excluding ortho intramolecular Hbond substituents is 2. The Bertz CT molecular complexity index is 3510. The Hall–Kier alpha value is -6.97. The molecule has 1 aliphatic heterocycles. The molecule has 422 valence electrons. The molecule has 1 saturated heterocycles. The van der Waals surface area contributed by atoms with Crippen LogP contribution in [0.3, 0.4) is 0 Å². The van der Waals surface area contributed by atoms with Crippen molar-refractivity contribution in [3.63, 3.8) is 0 Å². The van der Waals surface area contributed by atoms with Crippen molar-refractivity contribution >= 4 is 91.4 Å². The predicted molar refractivity (Wildman–Crippen MR) is 330 cm³/mol. The molecule has 1 aliphatic rings. The molecule has 8 aromatic carbocycles. The lowest BCUT2D eigenvalue weighted by molar-refractivity contribution is 0.177. The van der Waals surface area contributed by atoms with Crippen LogP contribution in [0.15, 0.2) is 174 Å². The van der Waals surface area contributed by atoms with Crippen molar-refractivity contribution < 1.29 is 47.3 Å². The molecule has 0 aliphatic carbocycles. The average Bonchev–Trinajstić information content (AvgIpc) is 3.98. The van der Waals surface area contributed by atoms with Gasteiger partial charge in [0, 0.05) is 4.47 Å². The topological polar surface area (TPSA) is 132 Å². The average molecular weight is 1300 g/mol. The maximum atomic E-state index is 13.6. The highest BCUT2D eigenvalue weighted by Crippen LogP contribution is 2.53. The highest BCUT2D eigenvalue weighted by atomic mass is 79.9. The van der Waals surface area contributed by atoms with Gasteiger partial charge in [0.15, 0.2) is 6.71 Å². The number of ether oxygens (including phenoxy) is 2.